The Labute approximate surface area is 121 Å². The van der Waals surface area contributed by atoms with E-state index in [1.54, 1.807) is 0 Å². The van der Waals surface area contributed by atoms with Crippen LogP contribution in [-0.2, 0) is 24.9 Å². The second kappa shape index (κ2) is 4.74. The largest absolute Gasteiger partial charge is 0.391 e. The lowest BCUT2D eigenvalue weighted by Gasteiger charge is -2.41. The number of anilines is 1. The van der Waals surface area contributed by atoms with E-state index in [9.17, 15) is 10.2 Å². The van der Waals surface area contributed by atoms with Crippen molar-refractivity contribution >= 4 is 5.69 Å². The van der Waals surface area contributed by atoms with Crippen LogP contribution >= 0.6 is 0 Å². The van der Waals surface area contributed by atoms with Crippen LogP contribution in [0.1, 0.15) is 49.4 Å². The van der Waals surface area contributed by atoms with Crippen molar-refractivity contribution in [1.29, 1.82) is 0 Å². The molecule has 2 aliphatic rings. The highest BCUT2D eigenvalue weighted by molar-refractivity contribution is 5.68. The van der Waals surface area contributed by atoms with Crippen molar-refractivity contribution in [3.8, 4) is 0 Å². The molecule has 1 aromatic carbocycles. The van der Waals surface area contributed by atoms with Gasteiger partial charge < -0.3 is 15.1 Å². The minimum atomic E-state index is -0.818. The predicted octanol–water partition coefficient (Wildman–Crippen LogP) is 2.15. The van der Waals surface area contributed by atoms with E-state index >= 15 is 0 Å². The van der Waals surface area contributed by atoms with Gasteiger partial charge in [-0.2, -0.15) is 0 Å². The van der Waals surface area contributed by atoms with E-state index in [4.69, 9.17) is 0 Å². The first-order chi connectivity index (χ1) is 9.41. The van der Waals surface area contributed by atoms with Crippen molar-refractivity contribution in [3.05, 3.63) is 28.3 Å². The van der Waals surface area contributed by atoms with Gasteiger partial charge in [-0.3, -0.25) is 0 Å². The molecule has 2 heterocycles. The van der Waals surface area contributed by atoms with E-state index < -0.39 is 5.60 Å². The summed E-state index contributed by atoms with van der Waals surface area (Å²) in [5.41, 5.74) is 5.53. The summed E-state index contributed by atoms with van der Waals surface area (Å²) >= 11 is 0. The summed E-state index contributed by atoms with van der Waals surface area (Å²) in [4.78, 5) is 2.34. The monoisotopic (exact) mass is 275 g/mol. The Hall–Kier alpha value is -1.06. The molecular weight excluding hydrogens is 250 g/mol. The molecule has 2 aliphatic heterocycles. The molecule has 0 saturated heterocycles. The van der Waals surface area contributed by atoms with Gasteiger partial charge in [0.15, 0.2) is 0 Å². The molecule has 0 aromatic heterocycles. The van der Waals surface area contributed by atoms with Gasteiger partial charge in [0.2, 0.25) is 0 Å². The molecule has 0 fully saturated rings. The molecule has 3 nitrogen and oxygen atoms in total. The molecule has 110 valence electrons. The zero-order valence-corrected chi connectivity index (χ0v) is 12.7. The number of benzene rings is 1. The minimum absolute atomic E-state index is 0.282. The average Bonchev–Trinajstić information content (AvgIpc) is 2.37. The quantitative estimate of drug-likeness (QED) is 0.869. The molecule has 0 aliphatic carbocycles. The van der Waals surface area contributed by atoms with Crippen LogP contribution in [0.3, 0.4) is 0 Å². The molecule has 1 unspecified atom stereocenters. The van der Waals surface area contributed by atoms with E-state index in [1.165, 1.54) is 22.4 Å². The summed E-state index contributed by atoms with van der Waals surface area (Å²) in [6, 6.07) is 2.14. The third-order valence-electron chi connectivity index (χ3n) is 4.67. The first-order valence-electron chi connectivity index (χ1n) is 7.75. The number of aliphatic hydroxyl groups is 2. The van der Waals surface area contributed by atoms with Gasteiger partial charge in [-0.25, -0.2) is 0 Å². The highest BCUT2D eigenvalue weighted by Crippen LogP contribution is 2.41. The lowest BCUT2D eigenvalue weighted by Crippen LogP contribution is -2.42. The van der Waals surface area contributed by atoms with Gasteiger partial charge in [-0.1, -0.05) is 13.0 Å². The van der Waals surface area contributed by atoms with Crippen LogP contribution in [-0.4, -0.2) is 29.4 Å². The molecule has 0 bridgehead atoms. The van der Waals surface area contributed by atoms with E-state index in [0.29, 0.717) is 6.42 Å². The maximum atomic E-state index is 10.5. The van der Waals surface area contributed by atoms with Crippen LogP contribution in [0.4, 0.5) is 5.69 Å². The first kappa shape index (κ1) is 13.9. The summed E-state index contributed by atoms with van der Waals surface area (Å²) in [5.74, 6) is 0. The fraction of sp³-hybridized carbons (Fsp3) is 0.647. The van der Waals surface area contributed by atoms with Crippen LogP contribution in [0.2, 0.25) is 0 Å². The van der Waals surface area contributed by atoms with Gasteiger partial charge in [0.05, 0.1) is 11.7 Å². The van der Waals surface area contributed by atoms with Gasteiger partial charge >= 0.3 is 0 Å². The number of hydrogen-bond donors (Lipinski definition) is 2. The molecule has 0 spiro atoms. The third-order valence-corrected chi connectivity index (χ3v) is 4.67. The van der Waals surface area contributed by atoms with Crippen molar-refractivity contribution in [2.24, 2.45) is 0 Å². The fourth-order valence-corrected chi connectivity index (χ4v) is 3.91. The van der Waals surface area contributed by atoms with Crippen LogP contribution in [0.25, 0.3) is 0 Å². The Bertz CT molecular complexity index is 531. The third kappa shape index (κ3) is 2.13. The second-order valence-corrected chi connectivity index (χ2v) is 6.71. The highest BCUT2D eigenvalue weighted by Gasteiger charge is 2.32. The zero-order valence-electron chi connectivity index (χ0n) is 12.7. The maximum Gasteiger partial charge on any atom is 0.0843 e. The molecule has 3 rings (SSSR count). The molecule has 3 heteroatoms. The molecular formula is C17H25NO2. The minimum Gasteiger partial charge on any atom is -0.391 e. The second-order valence-electron chi connectivity index (χ2n) is 6.71. The van der Waals surface area contributed by atoms with Crippen molar-refractivity contribution in [1.82, 2.24) is 0 Å². The highest BCUT2D eigenvalue weighted by atomic mass is 16.3. The standard InChI is InChI=1S/C17H25NO2/c1-4-13-14-6-5-7-18-10-12(19)8-11(16(14)18)9-15(13)17(2,3)20/h9,12,19-20H,4-8,10H2,1-3H3. The van der Waals surface area contributed by atoms with Crippen LogP contribution in [0.5, 0.6) is 0 Å². The predicted molar refractivity (Wildman–Crippen MR) is 81.3 cm³/mol. The number of hydrogen-bond acceptors (Lipinski definition) is 3. The SMILES string of the molecule is CCc1c(C(C)(C)O)cc2c3c1CCCN3CC(O)C2. The Balaban J connectivity index is 2.25. The van der Waals surface area contributed by atoms with Gasteiger partial charge in [0, 0.05) is 25.2 Å². The van der Waals surface area contributed by atoms with E-state index in [0.717, 1.165) is 37.9 Å². The zero-order chi connectivity index (χ0) is 14.5. The fourth-order valence-electron chi connectivity index (χ4n) is 3.91. The van der Waals surface area contributed by atoms with E-state index in [2.05, 4.69) is 17.9 Å². The first-order valence-corrected chi connectivity index (χ1v) is 7.75. The summed E-state index contributed by atoms with van der Waals surface area (Å²) in [5, 5.41) is 20.6. The normalized spacial score (nSPS) is 21.9. The number of nitrogens with zero attached hydrogens (tertiary/aromatic N) is 1. The van der Waals surface area contributed by atoms with Crippen LogP contribution < -0.4 is 4.90 Å². The van der Waals surface area contributed by atoms with Crippen LogP contribution in [0.15, 0.2) is 6.07 Å². The lowest BCUT2D eigenvalue weighted by atomic mass is 9.80. The van der Waals surface area contributed by atoms with Gasteiger partial charge in [-0.05, 0) is 55.4 Å². The molecule has 1 atom stereocenters. The molecule has 0 radical (unpaired) electrons. The molecule has 1 aromatic rings. The van der Waals surface area contributed by atoms with Crippen molar-refractivity contribution in [2.45, 2.75) is 58.2 Å². The Morgan fingerprint density at radius 3 is 2.80 bits per heavy atom. The topological polar surface area (TPSA) is 43.7 Å². The molecule has 2 N–H and O–H groups in total. The Morgan fingerprint density at radius 2 is 2.15 bits per heavy atom. The number of rotatable bonds is 2. The number of aliphatic hydroxyl groups excluding tert-OH is 1. The summed E-state index contributed by atoms with van der Waals surface area (Å²) < 4.78 is 0. The van der Waals surface area contributed by atoms with Crippen molar-refractivity contribution in [3.63, 3.8) is 0 Å². The van der Waals surface area contributed by atoms with Crippen molar-refractivity contribution < 1.29 is 10.2 Å². The summed E-state index contributed by atoms with van der Waals surface area (Å²) in [7, 11) is 0. The molecule has 20 heavy (non-hydrogen) atoms. The van der Waals surface area contributed by atoms with Crippen molar-refractivity contribution in [2.75, 3.05) is 18.0 Å². The van der Waals surface area contributed by atoms with E-state index in [1.807, 2.05) is 13.8 Å². The maximum absolute atomic E-state index is 10.5. The Morgan fingerprint density at radius 1 is 1.40 bits per heavy atom. The smallest absolute Gasteiger partial charge is 0.0843 e. The average molecular weight is 275 g/mol. The van der Waals surface area contributed by atoms with Gasteiger partial charge in [0.25, 0.3) is 0 Å². The summed E-state index contributed by atoms with van der Waals surface area (Å²) in [6.07, 6.45) is 3.63. The summed E-state index contributed by atoms with van der Waals surface area (Å²) in [6.45, 7) is 7.69. The van der Waals surface area contributed by atoms with E-state index in [-0.39, 0.29) is 6.10 Å². The van der Waals surface area contributed by atoms with Crippen LogP contribution in [0, 0.1) is 0 Å². The lowest BCUT2D eigenvalue weighted by molar-refractivity contribution is 0.0772. The Kier molecular flexibility index (Phi) is 3.30. The van der Waals surface area contributed by atoms with Gasteiger partial charge in [0.1, 0.15) is 0 Å². The molecule has 0 saturated carbocycles. The van der Waals surface area contributed by atoms with Gasteiger partial charge in [-0.15, -0.1) is 0 Å². The molecule has 0 amide bonds.